The Hall–Kier alpha value is -1.52. The minimum Gasteiger partial charge on any atom is -0.480 e. The summed E-state index contributed by atoms with van der Waals surface area (Å²) in [5.74, 6) is -1.95. The van der Waals surface area contributed by atoms with Crippen molar-refractivity contribution in [1.82, 2.24) is 9.62 Å². The highest BCUT2D eigenvalue weighted by atomic mass is 32.2. The van der Waals surface area contributed by atoms with Gasteiger partial charge in [-0.25, -0.2) is 21.9 Å². The Labute approximate surface area is 209 Å². The molecule has 2 bridgehead atoms. The zero-order valence-corrected chi connectivity index (χ0v) is 21.8. The second-order valence-corrected chi connectivity index (χ2v) is 12.6. The molecule has 35 heavy (non-hydrogen) atoms. The first-order valence-corrected chi connectivity index (χ1v) is 14.2. The lowest BCUT2D eigenvalue weighted by molar-refractivity contribution is -0.140. The summed E-state index contributed by atoms with van der Waals surface area (Å²) in [7, 11) is 4.69. The Kier molecular flexibility index (Phi) is 7.39. The lowest BCUT2D eigenvalue weighted by Crippen LogP contribution is -2.60. The number of carbonyl (C=O) groups excluding carboxylic acids is 1. The minimum absolute atomic E-state index is 0.00565. The topological polar surface area (TPSA) is 84.9 Å². The van der Waals surface area contributed by atoms with Crippen LogP contribution in [0.5, 0.6) is 5.75 Å². The van der Waals surface area contributed by atoms with Gasteiger partial charge in [-0.1, -0.05) is 11.6 Å². The van der Waals surface area contributed by atoms with E-state index in [-0.39, 0.29) is 41.8 Å². The fourth-order valence-corrected chi connectivity index (χ4v) is 7.21. The number of fused-ring (bicyclic) bond motifs is 5. The smallest absolute Gasteiger partial charge is 0.260 e. The predicted octanol–water partition coefficient (Wildman–Crippen LogP) is -1.85. The Balaban J connectivity index is 1.79. The summed E-state index contributed by atoms with van der Waals surface area (Å²) in [5.41, 5.74) is 0.430. The summed E-state index contributed by atoms with van der Waals surface area (Å²) in [6.07, 6.45) is 2.80. The lowest BCUT2D eigenvalue weighted by atomic mass is 9.34. The highest BCUT2D eigenvalue weighted by Crippen LogP contribution is 2.56. The molecule has 0 aromatic heterocycles. The zero-order chi connectivity index (χ0) is 25.7. The summed E-state index contributed by atoms with van der Waals surface area (Å²) in [6.45, 7) is 0.164. The third kappa shape index (κ3) is 5.03. The van der Waals surface area contributed by atoms with Crippen molar-refractivity contribution in [1.29, 1.82) is 0 Å². The molecule has 1 aromatic carbocycles. The Morgan fingerprint density at radius 3 is 2.63 bits per heavy atom. The maximum atomic E-state index is 15.1. The zero-order valence-electron chi connectivity index (χ0n) is 21.0. The summed E-state index contributed by atoms with van der Waals surface area (Å²) < 4.78 is 68.5. The van der Waals surface area contributed by atoms with Crippen LogP contribution >= 0.6 is 0 Å². The molecule has 188 valence electrons. The molecule has 3 heterocycles. The number of carbonyl (C=O) groups is 1. The monoisotopic (exact) mass is 506 g/mol. The molecule has 1 aliphatic carbocycles. The Morgan fingerprint density at radius 1 is 1.23 bits per heavy atom. The number of ether oxygens (including phenoxy) is 2. The molecular formula is C21H32B4F2N2O5S. The molecule has 2 fully saturated rings. The molecule has 0 spiro atoms. The number of piperidine rings is 1. The molecule has 1 amide bonds. The van der Waals surface area contributed by atoms with Gasteiger partial charge < -0.3 is 14.4 Å². The third-order valence-electron chi connectivity index (χ3n) is 8.81. The van der Waals surface area contributed by atoms with Crippen LogP contribution in [0.4, 0.5) is 8.78 Å². The molecular weight excluding hydrogens is 474 g/mol. The van der Waals surface area contributed by atoms with Gasteiger partial charge in [-0.2, -0.15) is 0 Å². The molecule has 1 saturated carbocycles. The standard InChI is InChI=1S/C21H32B4F2N2O5S/c1-35(31,32)28-13-3-2-4-29-14(13)8-33-15-7-16(22)21(25,20(24)18(15)23)11-5-10(26)6-12(27)19(11)34-9-17(29)30/h5-6,13-16,18,20,28H,2-4,7-9,22-25H2,1H3/t13-,14-,15-,16-,18+,20+,21-/m0/s1. The van der Waals surface area contributed by atoms with Gasteiger partial charge in [0.15, 0.2) is 18.2 Å². The quantitative estimate of drug-likeness (QED) is 0.477. The van der Waals surface area contributed by atoms with Crippen LogP contribution in [0, 0.1) is 11.6 Å². The average Bonchev–Trinajstić information content (AvgIpc) is 2.77. The van der Waals surface area contributed by atoms with Gasteiger partial charge in [0.2, 0.25) is 10.0 Å². The maximum Gasteiger partial charge on any atom is 0.260 e. The fourth-order valence-electron chi connectivity index (χ4n) is 6.39. The number of hydrogen-bond acceptors (Lipinski definition) is 5. The number of nitrogens with zero attached hydrogens (tertiary/aromatic N) is 1. The molecule has 0 unspecified atom stereocenters. The van der Waals surface area contributed by atoms with Crippen molar-refractivity contribution >= 4 is 47.3 Å². The van der Waals surface area contributed by atoms with E-state index in [4.69, 9.17) is 9.47 Å². The van der Waals surface area contributed by atoms with Gasteiger partial charge in [-0.3, -0.25) is 4.79 Å². The number of nitrogens with one attached hydrogen (secondary N) is 1. The molecule has 5 rings (SSSR count). The molecule has 3 aliphatic heterocycles. The highest BCUT2D eigenvalue weighted by Gasteiger charge is 2.50. The molecule has 1 aromatic rings. The number of sulfonamides is 1. The number of hydrogen-bond donors (Lipinski definition) is 1. The highest BCUT2D eigenvalue weighted by molar-refractivity contribution is 7.88. The summed E-state index contributed by atoms with van der Waals surface area (Å²) in [5, 5.41) is -0.609. The molecule has 7 atom stereocenters. The largest absolute Gasteiger partial charge is 0.480 e. The van der Waals surface area contributed by atoms with Gasteiger partial charge in [0.05, 0.1) is 25.0 Å². The van der Waals surface area contributed by atoms with Crippen molar-refractivity contribution in [3.05, 3.63) is 29.3 Å². The molecule has 4 aliphatic rings. The van der Waals surface area contributed by atoms with E-state index in [1.165, 1.54) is 6.07 Å². The van der Waals surface area contributed by atoms with Crippen LogP contribution in [0.2, 0.25) is 17.5 Å². The molecule has 14 heteroatoms. The first-order chi connectivity index (χ1) is 16.3. The van der Waals surface area contributed by atoms with E-state index in [0.29, 0.717) is 31.4 Å². The molecule has 1 saturated heterocycles. The Morgan fingerprint density at radius 2 is 1.94 bits per heavy atom. The van der Waals surface area contributed by atoms with Crippen molar-refractivity contribution in [3.8, 4) is 5.75 Å². The average molecular weight is 506 g/mol. The number of amides is 1. The fraction of sp³-hybridized carbons (Fsp3) is 0.667. The van der Waals surface area contributed by atoms with E-state index in [2.05, 4.69) is 28.3 Å². The molecule has 7 nitrogen and oxygen atoms in total. The van der Waals surface area contributed by atoms with Gasteiger partial charge in [-0.05, 0) is 42.0 Å². The maximum absolute atomic E-state index is 15.1. The number of rotatable bonds is 2. The van der Waals surface area contributed by atoms with E-state index < -0.39 is 45.7 Å². The first kappa shape index (κ1) is 26.5. The number of benzene rings is 1. The van der Waals surface area contributed by atoms with Crippen LogP contribution in [-0.4, -0.2) is 94.8 Å². The third-order valence-corrected chi connectivity index (χ3v) is 9.54. The van der Waals surface area contributed by atoms with Crippen molar-refractivity contribution in [2.45, 2.75) is 60.2 Å². The first-order valence-electron chi connectivity index (χ1n) is 12.3. The van der Waals surface area contributed by atoms with Crippen LogP contribution in [0.1, 0.15) is 24.8 Å². The summed E-state index contributed by atoms with van der Waals surface area (Å²) >= 11 is 0. The Bertz CT molecular complexity index is 1100. The second kappa shape index (κ2) is 9.74. The van der Waals surface area contributed by atoms with Crippen LogP contribution < -0.4 is 9.46 Å². The normalized spacial score (nSPS) is 36.2. The van der Waals surface area contributed by atoms with Gasteiger partial charge in [0, 0.05) is 18.7 Å². The van der Waals surface area contributed by atoms with E-state index in [1.54, 1.807) is 4.90 Å². The summed E-state index contributed by atoms with van der Waals surface area (Å²) in [4.78, 5) is 14.9. The van der Waals surface area contributed by atoms with Crippen molar-refractivity contribution in [2.75, 3.05) is 26.0 Å². The van der Waals surface area contributed by atoms with E-state index in [9.17, 15) is 17.6 Å². The number of halogens is 2. The van der Waals surface area contributed by atoms with E-state index in [1.807, 2.05) is 7.85 Å². The lowest BCUT2D eigenvalue weighted by Gasteiger charge is -2.53. The second-order valence-electron chi connectivity index (χ2n) is 10.8. The van der Waals surface area contributed by atoms with Gasteiger partial charge in [-0.15, -0.1) is 0 Å². The van der Waals surface area contributed by atoms with Crippen molar-refractivity contribution < 1.29 is 31.5 Å². The van der Waals surface area contributed by atoms with Gasteiger partial charge in [0.25, 0.3) is 5.91 Å². The van der Waals surface area contributed by atoms with Crippen molar-refractivity contribution in [3.63, 3.8) is 0 Å². The molecule has 1 N–H and O–H groups in total. The van der Waals surface area contributed by atoms with Crippen LogP contribution in [0.15, 0.2) is 12.1 Å². The SMILES string of the molecule is B[C@@H]1[C@@H]2C[C@H](B)[C@@](B)(c3cc(F)cc(F)c3OCC(=O)N3CCC[C@H](NS(C)(=O)=O)[C@@H]3CO2)[C@@H]1B. The van der Waals surface area contributed by atoms with Crippen LogP contribution in [0.25, 0.3) is 0 Å². The van der Waals surface area contributed by atoms with E-state index in [0.717, 1.165) is 12.3 Å². The van der Waals surface area contributed by atoms with Gasteiger partial charge in [0.1, 0.15) is 37.2 Å². The summed E-state index contributed by atoms with van der Waals surface area (Å²) in [6, 6.07) is 1.11. The predicted molar refractivity (Wildman–Crippen MR) is 140 cm³/mol. The van der Waals surface area contributed by atoms with Gasteiger partial charge >= 0.3 is 0 Å². The van der Waals surface area contributed by atoms with Crippen molar-refractivity contribution in [2.24, 2.45) is 0 Å². The molecule has 0 radical (unpaired) electrons. The van der Waals surface area contributed by atoms with Crippen LogP contribution in [0.3, 0.4) is 0 Å². The minimum atomic E-state index is -3.51. The van der Waals surface area contributed by atoms with Crippen LogP contribution in [-0.2, 0) is 24.9 Å². The van der Waals surface area contributed by atoms with E-state index >= 15 is 4.39 Å².